The molecule has 4 heteroatoms. The van der Waals surface area contributed by atoms with E-state index in [2.05, 4.69) is 5.32 Å². The highest BCUT2D eigenvalue weighted by Crippen LogP contribution is 2.43. The molecular formula is C14H17ClFNO. The Labute approximate surface area is 111 Å². The monoisotopic (exact) mass is 269 g/mol. The quantitative estimate of drug-likeness (QED) is 0.845. The Morgan fingerprint density at radius 2 is 2.28 bits per heavy atom. The van der Waals surface area contributed by atoms with Crippen LogP contribution in [0.4, 0.5) is 4.39 Å². The number of nitrogens with one attached hydrogen (secondary N) is 1. The van der Waals surface area contributed by atoms with Crippen LogP contribution >= 0.6 is 11.6 Å². The molecule has 1 saturated carbocycles. The molecule has 0 radical (unpaired) electrons. The summed E-state index contributed by atoms with van der Waals surface area (Å²) < 4.78 is 19.4. The van der Waals surface area contributed by atoms with Crippen LogP contribution in [-0.2, 0) is 10.3 Å². The minimum Gasteiger partial charge on any atom is -0.375 e. The van der Waals surface area contributed by atoms with Crippen molar-refractivity contribution in [1.29, 1.82) is 0 Å². The first kappa shape index (κ1) is 12.4. The lowest BCUT2D eigenvalue weighted by molar-refractivity contribution is -0.0756. The molecule has 1 aromatic rings. The summed E-state index contributed by atoms with van der Waals surface area (Å²) in [5.74, 6) is -0.236. The summed E-state index contributed by atoms with van der Waals surface area (Å²) in [4.78, 5) is 0. The average molecular weight is 270 g/mol. The summed E-state index contributed by atoms with van der Waals surface area (Å²) in [6.45, 7) is 1.52. The highest BCUT2D eigenvalue weighted by atomic mass is 35.5. The van der Waals surface area contributed by atoms with Gasteiger partial charge >= 0.3 is 0 Å². The predicted octanol–water partition coefficient (Wildman–Crippen LogP) is 3.24. The Morgan fingerprint density at radius 3 is 3.17 bits per heavy atom. The van der Waals surface area contributed by atoms with Crippen LogP contribution in [0.15, 0.2) is 18.2 Å². The number of ether oxygens (including phenoxy) is 1. The number of morpholine rings is 1. The van der Waals surface area contributed by atoms with Gasteiger partial charge in [0.25, 0.3) is 0 Å². The molecule has 1 aliphatic carbocycles. The van der Waals surface area contributed by atoms with Crippen molar-refractivity contribution in [1.82, 2.24) is 5.32 Å². The topological polar surface area (TPSA) is 21.3 Å². The lowest BCUT2D eigenvalue weighted by Crippen LogP contribution is -2.59. The van der Waals surface area contributed by atoms with Gasteiger partial charge in [-0.15, -0.1) is 0 Å². The van der Waals surface area contributed by atoms with Gasteiger partial charge < -0.3 is 10.1 Å². The zero-order valence-corrected chi connectivity index (χ0v) is 11.0. The second-order valence-corrected chi connectivity index (χ2v) is 5.53. The molecule has 2 fully saturated rings. The molecule has 2 nitrogen and oxygen atoms in total. The first-order valence-electron chi connectivity index (χ1n) is 6.54. The number of hydrogen-bond donors (Lipinski definition) is 1. The lowest BCUT2D eigenvalue weighted by Gasteiger charge is -2.48. The van der Waals surface area contributed by atoms with E-state index in [1.54, 1.807) is 12.1 Å². The van der Waals surface area contributed by atoms with Crippen molar-refractivity contribution >= 4 is 11.6 Å². The van der Waals surface area contributed by atoms with Crippen LogP contribution in [0.5, 0.6) is 0 Å². The highest BCUT2D eigenvalue weighted by Gasteiger charge is 2.45. The fourth-order valence-corrected chi connectivity index (χ4v) is 3.57. The van der Waals surface area contributed by atoms with Crippen LogP contribution in [0.2, 0.25) is 5.02 Å². The molecule has 0 spiro atoms. The molecule has 2 aliphatic rings. The largest absolute Gasteiger partial charge is 0.375 e. The van der Waals surface area contributed by atoms with Gasteiger partial charge in [0.2, 0.25) is 0 Å². The Bertz CT molecular complexity index is 439. The first-order chi connectivity index (χ1) is 8.72. The van der Waals surface area contributed by atoms with E-state index in [4.69, 9.17) is 16.3 Å². The maximum atomic E-state index is 13.5. The molecule has 1 aromatic carbocycles. The van der Waals surface area contributed by atoms with Crippen molar-refractivity contribution in [2.75, 3.05) is 13.2 Å². The third kappa shape index (κ3) is 1.94. The fraction of sp³-hybridized carbons (Fsp3) is 0.571. The molecule has 1 N–H and O–H groups in total. The van der Waals surface area contributed by atoms with E-state index in [0.717, 1.165) is 38.0 Å². The third-order valence-corrected chi connectivity index (χ3v) is 4.44. The van der Waals surface area contributed by atoms with E-state index < -0.39 is 0 Å². The first-order valence-corrected chi connectivity index (χ1v) is 6.92. The van der Waals surface area contributed by atoms with Gasteiger partial charge in [-0.25, -0.2) is 4.39 Å². The number of hydrogen-bond acceptors (Lipinski definition) is 2. The normalized spacial score (nSPS) is 32.0. The summed E-state index contributed by atoms with van der Waals surface area (Å²) >= 11 is 6.28. The number of rotatable bonds is 1. The summed E-state index contributed by atoms with van der Waals surface area (Å²) in [6.07, 6.45) is 4.38. The maximum Gasteiger partial charge on any atom is 0.123 e. The Hall–Kier alpha value is -0.640. The molecule has 2 unspecified atom stereocenters. The lowest BCUT2D eigenvalue weighted by atomic mass is 9.73. The van der Waals surface area contributed by atoms with Crippen LogP contribution in [0, 0.1) is 5.82 Å². The Balaban J connectivity index is 2.07. The zero-order chi connectivity index (χ0) is 12.6. The van der Waals surface area contributed by atoms with Crippen molar-refractivity contribution < 1.29 is 9.13 Å². The van der Waals surface area contributed by atoms with E-state index in [0.29, 0.717) is 5.02 Å². The zero-order valence-electron chi connectivity index (χ0n) is 10.2. The van der Waals surface area contributed by atoms with Crippen molar-refractivity contribution in [3.05, 3.63) is 34.6 Å². The van der Waals surface area contributed by atoms with E-state index in [1.807, 2.05) is 0 Å². The van der Waals surface area contributed by atoms with Crippen molar-refractivity contribution in [3.8, 4) is 0 Å². The summed E-state index contributed by atoms with van der Waals surface area (Å²) in [6, 6.07) is 4.61. The molecule has 1 saturated heterocycles. The van der Waals surface area contributed by atoms with Gasteiger partial charge in [-0.1, -0.05) is 24.4 Å². The average Bonchev–Trinajstić information content (AvgIpc) is 2.41. The van der Waals surface area contributed by atoms with Gasteiger partial charge in [-0.3, -0.25) is 0 Å². The van der Waals surface area contributed by atoms with Gasteiger partial charge in [0, 0.05) is 11.6 Å². The van der Waals surface area contributed by atoms with Gasteiger partial charge in [0.15, 0.2) is 0 Å². The molecule has 18 heavy (non-hydrogen) atoms. The second kappa shape index (κ2) is 4.80. The molecule has 1 heterocycles. The number of benzene rings is 1. The van der Waals surface area contributed by atoms with E-state index in [1.165, 1.54) is 12.5 Å². The van der Waals surface area contributed by atoms with E-state index >= 15 is 0 Å². The fourth-order valence-electron chi connectivity index (χ4n) is 3.29. The Kier molecular flexibility index (Phi) is 3.31. The standard InChI is InChI=1S/C14H17ClFNO/c15-12-5-4-10(16)9-11(12)14-6-2-1-3-13(14)18-8-7-17-14/h4-5,9,13,17H,1-3,6-8H2. The van der Waals surface area contributed by atoms with Crippen LogP contribution in [-0.4, -0.2) is 19.3 Å². The molecule has 0 bridgehead atoms. The van der Waals surface area contributed by atoms with Crippen LogP contribution < -0.4 is 5.32 Å². The molecular weight excluding hydrogens is 253 g/mol. The molecule has 98 valence electrons. The van der Waals surface area contributed by atoms with Crippen LogP contribution in [0.25, 0.3) is 0 Å². The maximum absolute atomic E-state index is 13.5. The van der Waals surface area contributed by atoms with Crippen molar-refractivity contribution in [3.63, 3.8) is 0 Å². The van der Waals surface area contributed by atoms with Gasteiger partial charge in [-0.2, -0.15) is 0 Å². The predicted molar refractivity (Wildman–Crippen MR) is 69.3 cm³/mol. The molecule has 0 aromatic heterocycles. The minimum absolute atomic E-state index is 0.110. The van der Waals surface area contributed by atoms with Crippen molar-refractivity contribution in [2.24, 2.45) is 0 Å². The Morgan fingerprint density at radius 1 is 1.39 bits per heavy atom. The number of halogens is 2. The van der Waals surface area contributed by atoms with Gasteiger partial charge in [0.1, 0.15) is 5.82 Å². The summed E-state index contributed by atoms with van der Waals surface area (Å²) in [7, 11) is 0. The summed E-state index contributed by atoms with van der Waals surface area (Å²) in [5, 5.41) is 4.17. The molecule has 3 rings (SSSR count). The van der Waals surface area contributed by atoms with Gasteiger partial charge in [0.05, 0.1) is 18.2 Å². The van der Waals surface area contributed by atoms with Crippen molar-refractivity contribution in [2.45, 2.75) is 37.3 Å². The van der Waals surface area contributed by atoms with Crippen LogP contribution in [0.3, 0.4) is 0 Å². The molecule has 1 aliphatic heterocycles. The second-order valence-electron chi connectivity index (χ2n) is 5.13. The molecule has 0 amide bonds. The smallest absolute Gasteiger partial charge is 0.123 e. The molecule has 2 atom stereocenters. The van der Waals surface area contributed by atoms with Gasteiger partial charge in [-0.05, 0) is 36.6 Å². The minimum atomic E-state index is -0.296. The number of fused-ring (bicyclic) bond motifs is 1. The third-order valence-electron chi connectivity index (χ3n) is 4.11. The van der Waals surface area contributed by atoms with E-state index in [9.17, 15) is 4.39 Å². The van der Waals surface area contributed by atoms with E-state index in [-0.39, 0.29) is 17.5 Å². The SMILES string of the molecule is Fc1ccc(Cl)c(C23CCCCC2OCCN3)c1. The van der Waals surface area contributed by atoms with Crippen LogP contribution in [0.1, 0.15) is 31.2 Å². The highest BCUT2D eigenvalue weighted by molar-refractivity contribution is 6.31. The summed E-state index contributed by atoms with van der Waals surface area (Å²) in [5.41, 5.74) is 0.559.